The summed E-state index contributed by atoms with van der Waals surface area (Å²) in [6.45, 7) is 1.84. The molecule has 0 saturated carbocycles. The van der Waals surface area contributed by atoms with Crippen LogP contribution in [0.15, 0.2) is 29.3 Å². The highest BCUT2D eigenvalue weighted by Gasteiger charge is 2.33. The Morgan fingerprint density at radius 2 is 2.03 bits per heavy atom. The van der Waals surface area contributed by atoms with Crippen molar-refractivity contribution in [3.8, 4) is 10.4 Å². The SMILES string of the molecule is Cc1sc(-c2ccnc3[nH]c(C(F)(F)F)cc23)cc1S(=O)NC1CCS(=O)CC1. The Morgan fingerprint density at radius 1 is 1.31 bits per heavy atom. The molecule has 4 rings (SSSR count). The van der Waals surface area contributed by atoms with E-state index in [1.165, 1.54) is 17.5 Å². The average Bonchev–Trinajstić information content (AvgIpc) is 3.27. The molecule has 0 bridgehead atoms. The lowest BCUT2D eigenvalue weighted by atomic mass is 10.1. The van der Waals surface area contributed by atoms with Gasteiger partial charge in [-0.25, -0.2) is 13.9 Å². The van der Waals surface area contributed by atoms with Crippen LogP contribution in [0.5, 0.6) is 0 Å². The summed E-state index contributed by atoms with van der Waals surface area (Å²) in [5.74, 6) is 1.21. The molecule has 29 heavy (non-hydrogen) atoms. The third kappa shape index (κ3) is 4.32. The molecule has 1 aliphatic heterocycles. The molecule has 1 saturated heterocycles. The summed E-state index contributed by atoms with van der Waals surface area (Å²) in [5.41, 5.74) is -0.0658. The van der Waals surface area contributed by atoms with Gasteiger partial charge in [0.2, 0.25) is 0 Å². The van der Waals surface area contributed by atoms with Gasteiger partial charge in [0.15, 0.2) is 0 Å². The lowest BCUT2D eigenvalue weighted by molar-refractivity contribution is -0.140. The van der Waals surface area contributed by atoms with Crippen LogP contribution in [0.2, 0.25) is 0 Å². The number of aromatic amines is 1. The Hall–Kier alpha value is -1.56. The first-order valence-electron chi connectivity index (χ1n) is 8.91. The fourth-order valence-corrected chi connectivity index (χ4v) is 7.13. The molecule has 5 nitrogen and oxygen atoms in total. The fraction of sp³-hybridized carbons (Fsp3) is 0.389. The van der Waals surface area contributed by atoms with Gasteiger partial charge in [-0.05, 0) is 38.0 Å². The Bertz CT molecular complexity index is 1100. The molecular formula is C18H18F3N3O2S3. The van der Waals surface area contributed by atoms with Crippen LogP contribution in [0.25, 0.3) is 21.5 Å². The number of halogens is 3. The van der Waals surface area contributed by atoms with Gasteiger partial charge in [0.25, 0.3) is 0 Å². The minimum absolute atomic E-state index is 0.0444. The molecule has 0 spiro atoms. The van der Waals surface area contributed by atoms with Crippen LogP contribution in [0, 0.1) is 6.92 Å². The number of aromatic nitrogens is 2. The number of nitrogens with zero attached hydrogens (tertiary/aromatic N) is 1. The minimum Gasteiger partial charge on any atom is -0.336 e. The Balaban J connectivity index is 1.63. The maximum atomic E-state index is 13.1. The molecule has 1 atom stereocenters. The second-order valence-corrected chi connectivity index (χ2v) is 11.0. The van der Waals surface area contributed by atoms with Crippen molar-refractivity contribution < 1.29 is 21.6 Å². The Kier molecular flexibility index (Phi) is 5.66. The lowest BCUT2D eigenvalue weighted by Crippen LogP contribution is -2.36. The highest BCUT2D eigenvalue weighted by molar-refractivity contribution is 7.85. The van der Waals surface area contributed by atoms with Crippen LogP contribution in [0.1, 0.15) is 23.4 Å². The third-order valence-electron chi connectivity index (χ3n) is 4.84. The van der Waals surface area contributed by atoms with Crippen molar-refractivity contribution in [2.24, 2.45) is 0 Å². The van der Waals surface area contributed by atoms with Gasteiger partial charge in [-0.3, -0.25) is 4.21 Å². The summed E-state index contributed by atoms with van der Waals surface area (Å²) in [6.07, 6.45) is -1.60. The van der Waals surface area contributed by atoms with E-state index in [0.717, 1.165) is 15.8 Å². The molecule has 0 aromatic carbocycles. The fourth-order valence-electron chi connectivity index (χ4n) is 3.30. The number of hydrogen-bond acceptors (Lipinski definition) is 4. The van der Waals surface area contributed by atoms with Gasteiger partial charge in [0.05, 0.1) is 4.90 Å². The van der Waals surface area contributed by atoms with E-state index in [1.807, 2.05) is 6.92 Å². The predicted molar refractivity (Wildman–Crippen MR) is 110 cm³/mol. The van der Waals surface area contributed by atoms with Gasteiger partial charge < -0.3 is 4.98 Å². The lowest BCUT2D eigenvalue weighted by Gasteiger charge is -2.21. The summed E-state index contributed by atoms with van der Waals surface area (Å²) >= 11 is 1.39. The molecule has 4 heterocycles. The number of pyridine rings is 1. The number of hydrogen-bond donors (Lipinski definition) is 2. The maximum absolute atomic E-state index is 13.1. The van der Waals surface area contributed by atoms with E-state index in [2.05, 4.69) is 14.7 Å². The number of alkyl halides is 3. The largest absolute Gasteiger partial charge is 0.431 e. The first-order chi connectivity index (χ1) is 13.7. The van der Waals surface area contributed by atoms with Gasteiger partial charge in [0, 0.05) is 55.2 Å². The number of thiophene rings is 1. The van der Waals surface area contributed by atoms with Crippen molar-refractivity contribution in [3.63, 3.8) is 0 Å². The quantitative estimate of drug-likeness (QED) is 0.613. The van der Waals surface area contributed by atoms with E-state index in [1.54, 1.807) is 12.1 Å². The molecule has 1 fully saturated rings. The van der Waals surface area contributed by atoms with Crippen LogP contribution in [-0.2, 0) is 28.0 Å². The number of H-pyrrole nitrogens is 1. The van der Waals surface area contributed by atoms with E-state index in [0.29, 0.717) is 40.2 Å². The molecule has 0 aliphatic carbocycles. The molecule has 1 unspecified atom stereocenters. The highest BCUT2D eigenvalue weighted by atomic mass is 32.2. The topological polar surface area (TPSA) is 74.8 Å². The van der Waals surface area contributed by atoms with Crippen LogP contribution in [-0.4, -0.2) is 35.9 Å². The monoisotopic (exact) mass is 461 g/mol. The zero-order chi connectivity index (χ0) is 20.8. The second kappa shape index (κ2) is 7.93. The van der Waals surface area contributed by atoms with E-state index in [4.69, 9.17) is 0 Å². The van der Waals surface area contributed by atoms with Gasteiger partial charge in [0.1, 0.15) is 22.3 Å². The zero-order valence-electron chi connectivity index (χ0n) is 15.3. The minimum atomic E-state index is -4.48. The Labute approximate surface area is 174 Å². The van der Waals surface area contributed by atoms with Gasteiger partial charge in [-0.1, -0.05) is 0 Å². The van der Waals surface area contributed by atoms with Crippen molar-refractivity contribution in [1.82, 2.24) is 14.7 Å². The molecule has 0 amide bonds. The number of nitrogens with one attached hydrogen (secondary N) is 2. The maximum Gasteiger partial charge on any atom is 0.431 e. The van der Waals surface area contributed by atoms with Crippen LogP contribution in [0.4, 0.5) is 13.2 Å². The first kappa shape index (κ1) is 20.7. The van der Waals surface area contributed by atoms with Crippen molar-refractivity contribution in [3.05, 3.63) is 35.0 Å². The zero-order valence-corrected chi connectivity index (χ0v) is 17.8. The Morgan fingerprint density at radius 3 is 2.72 bits per heavy atom. The molecule has 156 valence electrons. The summed E-state index contributed by atoms with van der Waals surface area (Å²) in [4.78, 5) is 8.51. The van der Waals surface area contributed by atoms with Crippen molar-refractivity contribution in [2.45, 2.75) is 36.9 Å². The van der Waals surface area contributed by atoms with E-state index in [9.17, 15) is 21.6 Å². The van der Waals surface area contributed by atoms with E-state index < -0.39 is 33.7 Å². The van der Waals surface area contributed by atoms with Crippen molar-refractivity contribution in [1.29, 1.82) is 0 Å². The second-order valence-electron chi connectivity index (χ2n) is 6.84. The summed E-state index contributed by atoms with van der Waals surface area (Å²) < 4.78 is 66.6. The molecule has 0 radical (unpaired) electrons. The number of rotatable bonds is 4. The third-order valence-corrected chi connectivity index (χ3v) is 8.80. The van der Waals surface area contributed by atoms with Crippen LogP contribution < -0.4 is 4.72 Å². The van der Waals surface area contributed by atoms with Gasteiger partial charge >= 0.3 is 6.18 Å². The summed E-state index contributed by atoms with van der Waals surface area (Å²) in [5, 5.41) is 0.376. The molecule has 1 aliphatic rings. The van der Waals surface area contributed by atoms with E-state index >= 15 is 0 Å². The predicted octanol–water partition coefficient (Wildman–Crippen LogP) is 4.14. The molecular weight excluding hydrogens is 443 g/mol. The van der Waals surface area contributed by atoms with Crippen LogP contribution >= 0.6 is 11.3 Å². The number of aryl methyl sites for hydroxylation is 1. The van der Waals surface area contributed by atoms with Gasteiger partial charge in [-0.15, -0.1) is 11.3 Å². The van der Waals surface area contributed by atoms with Gasteiger partial charge in [-0.2, -0.15) is 13.2 Å². The van der Waals surface area contributed by atoms with Crippen LogP contribution in [0.3, 0.4) is 0 Å². The normalized spacial score (nSPS) is 21.5. The van der Waals surface area contributed by atoms with Crippen molar-refractivity contribution >= 4 is 44.2 Å². The summed E-state index contributed by atoms with van der Waals surface area (Å²) in [7, 11) is -2.23. The smallest absolute Gasteiger partial charge is 0.336 e. The first-order valence-corrected chi connectivity index (χ1v) is 12.4. The summed E-state index contributed by atoms with van der Waals surface area (Å²) in [6, 6.07) is 4.53. The average molecular weight is 462 g/mol. The van der Waals surface area contributed by atoms with E-state index in [-0.39, 0.29) is 11.7 Å². The molecule has 3 aromatic heterocycles. The molecule has 3 aromatic rings. The highest BCUT2D eigenvalue weighted by Crippen LogP contribution is 2.38. The standard InChI is InChI=1S/C18H18F3N3O2S3/c1-10-15(29(26)24-11-3-6-28(25)7-4-11)9-14(27-10)12-2-5-22-17-13(12)8-16(23-17)18(19,20)21/h2,5,8-9,11,24H,3-4,6-7H2,1H3,(H,22,23). The molecule has 11 heteroatoms. The molecule has 2 N–H and O–H groups in total. The number of fused-ring (bicyclic) bond motifs is 1. The van der Waals surface area contributed by atoms with Crippen molar-refractivity contribution in [2.75, 3.05) is 11.5 Å².